The van der Waals surface area contributed by atoms with E-state index in [2.05, 4.69) is 42.8 Å². The van der Waals surface area contributed by atoms with Gasteiger partial charge in [0.05, 0.1) is 11.7 Å². The molecule has 2 aromatic heterocycles. The Morgan fingerprint density at radius 2 is 2.41 bits per heavy atom. The van der Waals surface area contributed by atoms with E-state index in [9.17, 15) is 0 Å². The number of hydrogen-bond donors (Lipinski definition) is 2. The average Bonchev–Trinajstić information content (AvgIpc) is 2.72. The molecule has 2 heterocycles. The Bertz CT molecular complexity index is 500. The summed E-state index contributed by atoms with van der Waals surface area (Å²) in [6, 6.07) is 4.01. The van der Waals surface area contributed by atoms with E-state index in [1.165, 1.54) is 4.88 Å². The van der Waals surface area contributed by atoms with Gasteiger partial charge in [0, 0.05) is 27.3 Å². The van der Waals surface area contributed by atoms with E-state index < -0.39 is 0 Å². The van der Waals surface area contributed by atoms with Crippen LogP contribution in [0.15, 0.2) is 28.2 Å². The maximum atomic E-state index is 5.59. The van der Waals surface area contributed by atoms with E-state index in [1.807, 2.05) is 13.0 Å². The van der Waals surface area contributed by atoms with Crippen LogP contribution in [0.5, 0.6) is 0 Å². The highest BCUT2D eigenvalue weighted by Gasteiger charge is 2.13. The number of halogens is 1. The van der Waals surface area contributed by atoms with E-state index in [0.717, 1.165) is 22.4 Å². The second-order valence-electron chi connectivity index (χ2n) is 3.68. The number of hydrogen-bond acceptors (Lipinski definition) is 5. The van der Waals surface area contributed by atoms with Gasteiger partial charge in [-0.1, -0.05) is 0 Å². The zero-order valence-electron chi connectivity index (χ0n) is 9.35. The summed E-state index contributed by atoms with van der Waals surface area (Å²) in [5, 5.41) is 2.06. The molecular weight excluding hydrogens is 300 g/mol. The first kappa shape index (κ1) is 12.6. The Labute approximate surface area is 112 Å². The van der Waals surface area contributed by atoms with Crippen molar-refractivity contribution in [2.45, 2.75) is 19.4 Å². The van der Waals surface area contributed by atoms with Crippen LogP contribution in [0.3, 0.4) is 0 Å². The van der Waals surface area contributed by atoms with Crippen molar-refractivity contribution >= 4 is 27.3 Å². The fraction of sp³-hybridized carbons (Fsp3) is 0.273. The van der Waals surface area contributed by atoms with Gasteiger partial charge < -0.3 is 0 Å². The van der Waals surface area contributed by atoms with E-state index >= 15 is 0 Å². The molecule has 0 spiro atoms. The first-order chi connectivity index (χ1) is 8.19. The fourth-order valence-electron chi connectivity index (χ4n) is 1.58. The van der Waals surface area contributed by atoms with Crippen molar-refractivity contribution in [1.82, 2.24) is 15.4 Å². The summed E-state index contributed by atoms with van der Waals surface area (Å²) in [7, 11) is 0. The molecule has 0 amide bonds. The summed E-state index contributed by atoms with van der Waals surface area (Å²) in [6.45, 7) is 1.87. The first-order valence-electron chi connectivity index (χ1n) is 5.17. The highest BCUT2D eigenvalue weighted by Crippen LogP contribution is 2.24. The minimum atomic E-state index is 0.0160. The van der Waals surface area contributed by atoms with Crippen LogP contribution in [-0.2, 0) is 6.42 Å². The lowest BCUT2D eigenvalue weighted by molar-refractivity contribution is 0.539. The zero-order chi connectivity index (χ0) is 12.3. The Balaban J connectivity index is 2.16. The normalized spacial score (nSPS) is 12.6. The maximum Gasteiger partial charge on any atom is 0.125 e. The van der Waals surface area contributed by atoms with E-state index in [1.54, 1.807) is 17.5 Å². The van der Waals surface area contributed by atoms with Crippen LogP contribution in [-0.4, -0.2) is 9.97 Å². The number of nitrogens with zero attached hydrogens (tertiary/aromatic N) is 2. The van der Waals surface area contributed by atoms with Gasteiger partial charge >= 0.3 is 0 Å². The van der Waals surface area contributed by atoms with Crippen LogP contribution >= 0.6 is 27.3 Å². The van der Waals surface area contributed by atoms with Crippen molar-refractivity contribution in [3.05, 3.63) is 44.6 Å². The molecule has 3 N–H and O–H groups in total. The Hall–Kier alpha value is -0.820. The average molecular weight is 313 g/mol. The van der Waals surface area contributed by atoms with Gasteiger partial charge in [0.25, 0.3) is 0 Å². The Morgan fingerprint density at radius 1 is 1.59 bits per heavy atom. The van der Waals surface area contributed by atoms with Gasteiger partial charge in [-0.3, -0.25) is 11.3 Å². The van der Waals surface area contributed by atoms with Gasteiger partial charge in [-0.05, 0) is 35.0 Å². The Kier molecular flexibility index (Phi) is 4.22. The molecule has 0 aliphatic rings. The molecule has 0 bridgehead atoms. The first-order valence-corrected chi connectivity index (χ1v) is 6.85. The van der Waals surface area contributed by atoms with Gasteiger partial charge in [0.2, 0.25) is 0 Å². The van der Waals surface area contributed by atoms with Crippen molar-refractivity contribution < 1.29 is 0 Å². The number of hydrazine groups is 1. The number of nitrogens with two attached hydrogens (primary N) is 1. The third-order valence-corrected chi connectivity index (χ3v) is 4.10. The summed E-state index contributed by atoms with van der Waals surface area (Å²) in [5.74, 6) is 6.35. The number of aromatic nitrogens is 2. The van der Waals surface area contributed by atoms with Crippen LogP contribution in [0.25, 0.3) is 0 Å². The highest BCUT2D eigenvalue weighted by atomic mass is 79.9. The maximum absolute atomic E-state index is 5.59. The molecule has 6 heteroatoms. The molecule has 2 aromatic rings. The van der Waals surface area contributed by atoms with Crippen molar-refractivity contribution in [2.75, 3.05) is 0 Å². The molecule has 0 aromatic carbocycles. The summed E-state index contributed by atoms with van der Waals surface area (Å²) in [4.78, 5) is 9.73. The van der Waals surface area contributed by atoms with Crippen LogP contribution in [0.4, 0.5) is 0 Å². The molecule has 0 aliphatic heterocycles. The lowest BCUT2D eigenvalue weighted by Gasteiger charge is -2.14. The molecule has 0 radical (unpaired) electrons. The van der Waals surface area contributed by atoms with Crippen LogP contribution in [0, 0.1) is 6.92 Å². The molecule has 4 nitrogen and oxygen atoms in total. The Morgan fingerprint density at radius 3 is 3.00 bits per heavy atom. The lowest BCUT2D eigenvalue weighted by Crippen LogP contribution is -2.30. The van der Waals surface area contributed by atoms with Gasteiger partial charge in [-0.2, -0.15) is 0 Å². The fourth-order valence-corrected chi connectivity index (χ4v) is 3.08. The summed E-state index contributed by atoms with van der Waals surface area (Å²) >= 11 is 5.15. The van der Waals surface area contributed by atoms with E-state index in [0.29, 0.717) is 0 Å². The number of thiophene rings is 1. The molecule has 1 atom stereocenters. The van der Waals surface area contributed by atoms with Crippen molar-refractivity contribution in [2.24, 2.45) is 5.84 Å². The predicted octanol–water partition coefficient (Wildman–Crippen LogP) is 2.36. The number of aryl methyl sites for hydroxylation is 1. The topological polar surface area (TPSA) is 63.8 Å². The highest BCUT2D eigenvalue weighted by molar-refractivity contribution is 9.10. The number of rotatable bonds is 4. The van der Waals surface area contributed by atoms with Crippen molar-refractivity contribution in [3.63, 3.8) is 0 Å². The van der Waals surface area contributed by atoms with Gasteiger partial charge in [-0.25, -0.2) is 9.97 Å². The smallest absolute Gasteiger partial charge is 0.125 e. The SMILES string of the molecule is Cc1nccc(C(Cc2cc(Br)cs2)NN)n1. The molecular formula is C11H13BrN4S. The van der Waals surface area contributed by atoms with Gasteiger partial charge in [0.15, 0.2) is 0 Å². The van der Waals surface area contributed by atoms with E-state index in [-0.39, 0.29) is 6.04 Å². The summed E-state index contributed by atoms with van der Waals surface area (Å²) < 4.78 is 1.10. The largest absolute Gasteiger partial charge is 0.271 e. The second kappa shape index (κ2) is 5.68. The van der Waals surface area contributed by atoms with E-state index in [4.69, 9.17) is 5.84 Å². The predicted molar refractivity (Wildman–Crippen MR) is 72.6 cm³/mol. The van der Waals surface area contributed by atoms with Crippen LogP contribution in [0.2, 0.25) is 0 Å². The molecule has 2 rings (SSSR count). The van der Waals surface area contributed by atoms with Crippen LogP contribution in [0.1, 0.15) is 22.4 Å². The minimum Gasteiger partial charge on any atom is -0.271 e. The van der Waals surface area contributed by atoms with Crippen LogP contribution < -0.4 is 11.3 Å². The summed E-state index contributed by atoms with van der Waals surface area (Å²) in [6.07, 6.45) is 2.58. The molecule has 0 saturated carbocycles. The number of nitrogens with one attached hydrogen (secondary N) is 1. The summed E-state index contributed by atoms with van der Waals surface area (Å²) in [5.41, 5.74) is 3.73. The second-order valence-corrected chi connectivity index (χ2v) is 5.59. The molecule has 0 fully saturated rings. The van der Waals surface area contributed by atoms with Crippen molar-refractivity contribution in [3.8, 4) is 0 Å². The zero-order valence-corrected chi connectivity index (χ0v) is 11.8. The molecule has 0 aliphatic carbocycles. The molecule has 0 saturated heterocycles. The van der Waals surface area contributed by atoms with Gasteiger partial charge in [-0.15, -0.1) is 11.3 Å². The van der Waals surface area contributed by atoms with Gasteiger partial charge in [0.1, 0.15) is 5.82 Å². The quantitative estimate of drug-likeness (QED) is 0.672. The molecule has 17 heavy (non-hydrogen) atoms. The lowest BCUT2D eigenvalue weighted by atomic mass is 10.1. The minimum absolute atomic E-state index is 0.0160. The third-order valence-electron chi connectivity index (χ3n) is 2.38. The monoisotopic (exact) mass is 312 g/mol. The van der Waals surface area contributed by atoms with Crippen molar-refractivity contribution in [1.29, 1.82) is 0 Å². The standard InChI is InChI=1S/C11H13BrN4S/c1-7-14-3-2-10(15-7)11(16-13)5-9-4-8(12)6-17-9/h2-4,6,11,16H,5,13H2,1H3. The molecule has 90 valence electrons. The third kappa shape index (κ3) is 3.32. The molecule has 1 unspecified atom stereocenters.